The predicted molar refractivity (Wildman–Crippen MR) is 146 cm³/mol. The van der Waals surface area contributed by atoms with E-state index in [4.69, 9.17) is 11.6 Å². The molecular weight excluding hydrogens is 528 g/mol. The average Bonchev–Trinajstić information content (AvgIpc) is 3.50. The van der Waals surface area contributed by atoms with Gasteiger partial charge in [0.05, 0.1) is 11.6 Å². The second-order valence-corrected chi connectivity index (χ2v) is 10.6. The highest BCUT2D eigenvalue weighted by Crippen LogP contribution is 2.43. The highest BCUT2D eigenvalue weighted by Gasteiger charge is 2.45. The van der Waals surface area contributed by atoms with Crippen molar-refractivity contribution in [1.82, 2.24) is 15.2 Å². The number of aromatic nitrogens is 3. The minimum atomic E-state index is -0.900. The van der Waals surface area contributed by atoms with Gasteiger partial charge in [0.15, 0.2) is 15.9 Å². The quantitative estimate of drug-likeness (QED) is 0.163. The second-order valence-electron chi connectivity index (χ2n) is 7.97. The van der Waals surface area contributed by atoms with Crippen molar-refractivity contribution in [3.8, 4) is 0 Å². The molecule has 0 aliphatic carbocycles. The molecule has 2 aromatic heterocycles. The number of hydrogen-bond acceptors (Lipinski definition) is 8. The molecule has 4 aromatic rings. The Hall–Kier alpha value is -3.79. The molecule has 0 saturated heterocycles. The van der Waals surface area contributed by atoms with Crippen molar-refractivity contribution in [1.29, 1.82) is 0 Å². The maximum Gasteiger partial charge on any atom is 0.296 e. The Balaban J connectivity index is 1.45. The Morgan fingerprint density at radius 1 is 1.08 bits per heavy atom. The summed E-state index contributed by atoms with van der Waals surface area (Å²) in [6.45, 7) is 0. The topological polar surface area (TPSA) is 96.3 Å². The number of benzene rings is 2. The number of rotatable bonds is 8. The van der Waals surface area contributed by atoms with Gasteiger partial charge in [0.1, 0.15) is 0 Å². The van der Waals surface area contributed by atoms with E-state index in [1.165, 1.54) is 34.1 Å². The molecule has 0 saturated carbocycles. The lowest BCUT2D eigenvalue weighted by Gasteiger charge is -2.23. The monoisotopic (exact) mass is 546 g/mol. The summed E-state index contributed by atoms with van der Waals surface area (Å²) < 4.78 is 0.621. The number of thioether (sulfide) groups is 1. The minimum absolute atomic E-state index is 0.0364. The highest BCUT2D eigenvalue weighted by atomic mass is 35.5. The van der Waals surface area contributed by atoms with E-state index in [9.17, 15) is 14.7 Å². The van der Waals surface area contributed by atoms with Gasteiger partial charge in [-0.2, -0.15) is 0 Å². The fourth-order valence-electron chi connectivity index (χ4n) is 3.85. The maximum atomic E-state index is 13.3. The molecule has 3 heterocycles. The van der Waals surface area contributed by atoms with Crippen LogP contribution in [0.3, 0.4) is 0 Å². The number of anilines is 1. The van der Waals surface area contributed by atoms with Crippen LogP contribution in [0.4, 0.5) is 5.13 Å². The summed E-state index contributed by atoms with van der Waals surface area (Å²) in [5.41, 5.74) is 2.30. The van der Waals surface area contributed by atoms with Crippen LogP contribution >= 0.6 is 34.7 Å². The molecule has 0 bridgehead atoms. The molecule has 1 atom stereocenters. The molecule has 184 valence electrons. The largest absolute Gasteiger partial charge is 0.503 e. The minimum Gasteiger partial charge on any atom is -0.503 e. The van der Waals surface area contributed by atoms with Crippen molar-refractivity contribution in [2.24, 2.45) is 0 Å². The van der Waals surface area contributed by atoms with Gasteiger partial charge in [-0.05, 0) is 34.9 Å². The van der Waals surface area contributed by atoms with Crippen molar-refractivity contribution in [3.63, 3.8) is 0 Å². The van der Waals surface area contributed by atoms with Crippen LogP contribution in [0.15, 0.2) is 101 Å². The molecule has 1 amide bonds. The number of allylic oxidation sites excluding steroid dienone is 1. The fourth-order valence-corrected chi connectivity index (χ4v) is 6.00. The molecule has 37 heavy (non-hydrogen) atoms. The molecule has 1 N–H and O–H groups in total. The Bertz CT molecular complexity index is 1510. The lowest BCUT2D eigenvalue weighted by atomic mass is 9.97. The van der Waals surface area contributed by atoms with Crippen molar-refractivity contribution in [2.75, 3.05) is 4.90 Å². The van der Waals surface area contributed by atoms with Gasteiger partial charge in [0.2, 0.25) is 5.13 Å². The lowest BCUT2D eigenvalue weighted by Crippen LogP contribution is -2.30. The number of nitrogens with zero attached hydrogens (tertiary/aromatic N) is 4. The molecule has 0 radical (unpaired) electrons. The molecule has 1 unspecified atom stereocenters. The zero-order chi connectivity index (χ0) is 25.8. The zero-order valence-electron chi connectivity index (χ0n) is 19.2. The van der Waals surface area contributed by atoms with Crippen LogP contribution in [-0.2, 0) is 15.3 Å². The Morgan fingerprint density at radius 3 is 2.62 bits per heavy atom. The van der Waals surface area contributed by atoms with E-state index in [0.717, 1.165) is 11.1 Å². The van der Waals surface area contributed by atoms with E-state index < -0.39 is 23.5 Å². The van der Waals surface area contributed by atoms with E-state index in [1.807, 2.05) is 54.6 Å². The van der Waals surface area contributed by atoms with Gasteiger partial charge in [-0.25, -0.2) is 0 Å². The molecule has 1 aliphatic heterocycles. The normalized spacial score (nSPS) is 15.6. The summed E-state index contributed by atoms with van der Waals surface area (Å²) in [4.78, 5) is 32.0. The third-order valence-electron chi connectivity index (χ3n) is 5.61. The third kappa shape index (κ3) is 5.34. The van der Waals surface area contributed by atoms with E-state index in [0.29, 0.717) is 20.7 Å². The molecule has 5 rings (SSSR count). The van der Waals surface area contributed by atoms with Crippen LogP contribution in [0.1, 0.15) is 22.7 Å². The van der Waals surface area contributed by atoms with E-state index in [-0.39, 0.29) is 10.7 Å². The highest BCUT2D eigenvalue weighted by molar-refractivity contribution is 8.00. The number of pyridine rings is 1. The zero-order valence-corrected chi connectivity index (χ0v) is 21.6. The van der Waals surface area contributed by atoms with Crippen molar-refractivity contribution >= 4 is 57.6 Å². The average molecular weight is 547 g/mol. The summed E-state index contributed by atoms with van der Waals surface area (Å²) in [5.74, 6) is -1.24. The summed E-state index contributed by atoms with van der Waals surface area (Å²) in [6, 6.07) is 19.4. The van der Waals surface area contributed by atoms with Crippen LogP contribution in [-0.4, -0.2) is 32.0 Å². The molecule has 7 nitrogen and oxygen atoms in total. The number of carbonyl (C=O) groups is 2. The number of aliphatic hydroxyl groups is 1. The lowest BCUT2D eigenvalue weighted by molar-refractivity contribution is -0.117. The van der Waals surface area contributed by atoms with Gasteiger partial charge < -0.3 is 5.11 Å². The van der Waals surface area contributed by atoms with Gasteiger partial charge in [0, 0.05) is 23.2 Å². The van der Waals surface area contributed by atoms with Gasteiger partial charge >= 0.3 is 0 Å². The summed E-state index contributed by atoms with van der Waals surface area (Å²) in [6.07, 6.45) is 6.15. The maximum absolute atomic E-state index is 13.3. The van der Waals surface area contributed by atoms with Gasteiger partial charge in [-0.1, -0.05) is 95.4 Å². The number of amides is 1. The SMILES string of the molecule is O=C(C=Cc1ccccc1)C1=C(O)C(=O)N(c2nnc(SCc3ccccc3Cl)s2)C1c1cccnc1. The van der Waals surface area contributed by atoms with Crippen molar-refractivity contribution < 1.29 is 14.7 Å². The first kappa shape index (κ1) is 24.9. The predicted octanol–water partition coefficient (Wildman–Crippen LogP) is 6.06. The third-order valence-corrected chi connectivity index (χ3v) is 8.08. The van der Waals surface area contributed by atoms with Crippen LogP contribution in [0.5, 0.6) is 0 Å². The standard InChI is InChI=1S/C27H19ClN4O3S2/c28-20-11-5-4-9-19(20)16-36-27-31-30-26(37-27)32-23(18-10-6-14-29-15-18)22(24(34)25(32)35)21(33)13-12-17-7-2-1-3-8-17/h1-15,23,34H,16H2. The fraction of sp³-hybridized carbons (Fsp3) is 0.0741. The number of carbonyl (C=O) groups excluding carboxylic acids is 2. The molecule has 0 spiro atoms. The first-order valence-corrected chi connectivity index (χ1v) is 13.3. The number of halogens is 1. The van der Waals surface area contributed by atoms with E-state index >= 15 is 0 Å². The molecular formula is C27H19ClN4O3S2. The number of hydrogen-bond donors (Lipinski definition) is 1. The van der Waals surface area contributed by atoms with Gasteiger partial charge in [-0.3, -0.25) is 19.5 Å². The van der Waals surface area contributed by atoms with Crippen LogP contribution in [0, 0.1) is 0 Å². The van der Waals surface area contributed by atoms with Gasteiger partial charge in [0.25, 0.3) is 5.91 Å². The van der Waals surface area contributed by atoms with E-state index in [1.54, 1.807) is 30.6 Å². The second kappa shape index (κ2) is 11.1. The number of aliphatic hydroxyl groups excluding tert-OH is 1. The molecule has 2 aromatic carbocycles. The summed E-state index contributed by atoms with van der Waals surface area (Å²) in [5, 5.41) is 20.2. The smallest absolute Gasteiger partial charge is 0.296 e. The Morgan fingerprint density at radius 2 is 1.86 bits per heavy atom. The Labute approximate surface area is 226 Å². The van der Waals surface area contributed by atoms with Crippen molar-refractivity contribution in [3.05, 3.63) is 118 Å². The van der Waals surface area contributed by atoms with Crippen LogP contribution in [0.2, 0.25) is 5.02 Å². The summed E-state index contributed by atoms with van der Waals surface area (Å²) >= 11 is 8.89. The summed E-state index contributed by atoms with van der Waals surface area (Å²) in [7, 11) is 0. The van der Waals surface area contributed by atoms with E-state index in [2.05, 4.69) is 15.2 Å². The first-order valence-electron chi connectivity index (χ1n) is 11.2. The Kier molecular flexibility index (Phi) is 7.45. The molecule has 1 aliphatic rings. The number of ketones is 1. The van der Waals surface area contributed by atoms with Gasteiger partial charge in [-0.15, -0.1) is 10.2 Å². The van der Waals surface area contributed by atoms with Crippen molar-refractivity contribution in [2.45, 2.75) is 16.1 Å². The van der Waals surface area contributed by atoms with Crippen LogP contribution in [0.25, 0.3) is 6.08 Å². The molecule has 0 fully saturated rings. The first-order chi connectivity index (χ1) is 18.0. The van der Waals surface area contributed by atoms with Crippen LogP contribution < -0.4 is 4.90 Å². The molecule has 10 heteroatoms.